The van der Waals surface area contributed by atoms with E-state index in [4.69, 9.17) is 10.5 Å². The van der Waals surface area contributed by atoms with Crippen LogP contribution in [0.3, 0.4) is 0 Å². The van der Waals surface area contributed by atoms with Gasteiger partial charge >= 0.3 is 0 Å². The van der Waals surface area contributed by atoms with Crippen molar-refractivity contribution in [3.8, 4) is 0 Å². The first kappa shape index (κ1) is 11.9. The van der Waals surface area contributed by atoms with Crippen LogP contribution in [0.1, 0.15) is 19.8 Å². The van der Waals surface area contributed by atoms with Gasteiger partial charge in [0.25, 0.3) is 0 Å². The van der Waals surface area contributed by atoms with Crippen LogP contribution in [0.5, 0.6) is 0 Å². The van der Waals surface area contributed by atoms with Crippen LogP contribution in [-0.4, -0.2) is 43.7 Å². The van der Waals surface area contributed by atoms with Crippen molar-refractivity contribution in [1.82, 2.24) is 4.90 Å². The van der Waals surface area contributed by atoms with Crippen LogP contribution in [0.15, 0.2) is 0 Å². The van der Waals surface area contributed by atoms with Gasteiger partial charge in [0.2, 0.25) is 5.91 Å². The first-order chi connectivity index (χ1) is 7.63. The Bertz CT molecular complexity index is 270. The average molecular weight is 226 g/mol. The van der Waals surface area contributed by atoms with Crippen molar-refractivity contribution in [1.29, 1.82) is 0 Å². The summed E-state index contributed by atoms with van der Waals surface area (Å²) in [5, 5.41) is 0. The van der Waals surface area contributed by atoms with E-state index in [9.17, 15) is 4.79 Å². The number of nitrogens with two attached hydrogens (primary N) is 1. The summed E-state index contributed by atoms with van der Waals surface area (Å²) in [4.78, 5) is 14.1. The Morgan fingerprint density at radius 3 is 2.88 bits per heavy atom. The highest BCUT2D eigenvalue weighted by Crippen LogP contribution is 2.37. The van der Waals surface area contributed by atoms with Crippen LogP contribution in [0.2, 0.25) is 0 Å². The number of ether oxygens (including phenoxy) is 1. The van der Waals surface area contributed by atoms with E-state index in [0.717, 1.165) is 19.5 Å². The maximum absolute atomic E-state index is 12.1. The topological polar surface area (TPSA) is 55.6 Å². The smallest absolute Gasteiger partial charge is 0.227 e. The van der Waals surface area contributed by atoms with E-state index < -0.39 is 0 Å². The molecule has 0 radical (unpaired) electrons. The zero-order chi connectivity index (χ0) is 11.7. The summed E-state index contributed by atoms with van der Waals surface area (Å²) in [5.74, 6) is 1.39. The summed E-state index contributed by atoms with van der Waals surface area (Å²) in [5.41, 5.74) is 6.05. The molecule has 2 N–H and O–H groups in total. The Hall–Kier alpha value is -0.610. The van der Waals surface area contributed by atoms with Gasteiger partial charge in [-0.25, -0.2) is 0 Å². The van der Waals surface area contributed by atoms with Crippen molar-refractivity contribution in [2.24, 2.45) is 23.5 Å². The molecular weight excluding hydrogens is 204 g/mol. The summed E-state index contributed by atoms with van der Waals surface area (Å²) >= 11 is 0. The van der Waals surface area contributed by atoms with Crippen LogP contribution in [-0.2, 0) is 9.53 Å². The Kier molecular flexibility index (Phi) is 3.50. The van der Waals surface area contributed by atoms with Crippen LogP contribution in [0.4, 0.5) is 0 Å². The molecule has 1 saturated carbocycles. The standard InChI is InChI=1S/C12H22N2O2/c1-8(7-16-2)12(15)14-5-9-3-4-11(13)10(9)6-14/h8-11H,3-7,13H2,1-2H3/t8-,9-,10+,11+/m0/s1. The molecule has 1 aliphatic carbocycles. The highest BCUT2D eigenvalue weighted by Gasteiger charge is 2.42. The van der Waals surface area contributed by atoms with Gasteiger partial charge in [0.15, 0.2) is 0 Å². The molecule has 16 heavy (non-hydrogen) atoms. The van der Waals surface area contributed by atoms with Gasteiger partial charge in [0.05, 0.1) is 12.5 Å². The SMILES string of the molecule is COC[C@H](C)C(=O)N1C[C@@H]2CC[C@@H](N)[C@@H]2C1. The van der Waals surface area contributed by atoms with Crippen LogP contribution < -0.4 is 5.73 Å². The van der Waals surface area contributed by atoms with Gasteiger partial charge in [-0.05, 0) is 24.7 Å². The highest BCUT2D eigenvalue weighted by atomic mass is 16.5. The minimum absolute atomic E-state index is 0.0277. The van der Waals surface area contributed by atoms with Gasteiger partial charge in [0.1, 0.15) is 0 Å². The fraction of sp³-hybridized carbons (Fsp3) is 0.917. The van der Waals surface area contributed by atoms with Crippen molar-refractivity contribution in [2.45, 2.75) is 25.8 Å². The molecule has 2 aliphatic rings. The Labute approximate surface area is 97.1 Å². The van der Waals surface area contributed by atoms with Gasteiger partial charge in [-0.3, -0.25) is 4.79 Å². The third-order valence-corrected chi connectivity index (χ3v) is 4.06. The third-order valence-electron chi connectivity index (χ3n) is 4.06. The van der Waals surface area contributed by atoms with E-state index >= 15 is 0 Å². The second-order valence-corrected chi connectivity index (χ2v) is 5.26. The van der Waals surface area contributed by atoms with Crippen molar-refractivity contribution >= 4 is 5.91 Å². The normalized spacial score (nSPS) is 35.2. The number of fused-ring (bicyclic) bond motifs is 1. The number of carbonyl (C=O) groups excluding carboxylic acids is 1. The van der Waals surface area contributed by atoms with Gasteiger partial charge in [-0.2, -0.15) is 0 Å². The summed E-state index contributed by atoms with van der Waals surface area (Å²) in [6.45, 7) is 4.21. The quantitative estimate of drug-likeness (QED) is 0.761. The van der Waals surface area contributed by atoms with Gasteiger partial charge in [0, 0.05) is 26.2 Å². The molecule has 0 spiro atoms. The monoisotopic (exact) mass is 226 g/mol. The number of hydrogen-bond acceptors (Lipinski definition) is 3. The molecule has 1 aliphatic heterocycles. The molecule has 1 heterocycles. The third kappa shape index (κ3) is 2.09. The molecule has 1 saturated heterocycles. The van der Waals surface area contributed by atoms with E-state index in [2.05, 4.69) is 0 Å². The summed E-state index contributed by atoms with van der Waals surface area (Å²) < 4.78 is 5.03. The molecule has 1 amide bonds. The van der Waals surface area contributed by atoms with Crippen molar-refractivity contribution < 1.29 is 9.53 Å². The molecule has 0 aromatic carbocycles. The van der Waals surface area contributed by atoms with E-state index in [1.807, 2.05) is 11.8 Å². The fourth-order valence-corrected chi connectivity index (χ4v) is 3.12. The number of hydrogen-bond donors (Lipinski definition) is 1. The molecule has 0 unspecified atom stereocenters. The zero-order valence-electron chi connectivity index (χ0n) is 10.2. The predicted octanol–water partition coefficient (Wildman–Crippen LogP) is 0.465. The molecule has 2 fully saturated rings. The Morgan fingerprint density at radius 1 is 1.50 bits per heavy atom. The van der Waals surface area contributed by atoms with Crippen LogP contribution >= 0.6 is 0 Å². The molecule has 4 heteroatoms. The summed E-state index contributed by atoms with van der Waals surface area (Å²) in [6.07, 6.45) is 2.32. The molecule has 0 aromatic heterocycles. The largest absolute Gasteiger partial charge is 0.384 e. The lowest BCUT2D eigenvalue weighted by atomic mass is 9.98. The highest BCUT2D eigenvalue weighted by molar-refractivity contribution is 5.79. The maximum atomic E-state index is 12.1. The van der Waals surface area contributed by atoms with E-state index in [1.54, 1.807) is 7.11 Å². The van der Waals surface area contributed by atoms with Crippen LogP contribution in [0.25, 0.3) is 0 Å². The lowest BCUT2D eigenvalue weighted by Crippen LogP contribution is -2.37. The molecule has 0 aromatic rings. The Balaban J connectivity index is 1.91. The van der Waals surface area contributed by atoms with E-state index in [-0.39, 0.29) is 11.8 Å². The van der Waals surface area contributed by atoms with Crippen molar-refractivity contribution in [2.75, 3.05) is 26.8 Å². The minimum atomic E-state index is -0.0277. The first-order valence-corrected chi connectivity index (χ1v) is 6.16. The lowest BCUT2D eigenvalue weighted by Gasteiger charge is -2.22. The molecular formula is C12H22N2O2. The number of nitrogens with zero attached hydrogens (tertiary/aromatic N) is 1. The maximum Gasteiger partial charge on any atom is 0.227 e. The first-order valence-electron chi connectivity index (χ1n) is 6.16. The van der Waals surface area contributed by atoms with Crippen molar-refractivity contribution in [3.05, 3.63) is 0 Å². The van der Waals surface area contributed by atoms with Gasteiger partial charge in [-0.1, -0.05) is 6.92 Å². The predicted molar refractivity (Wildman–Crippen MR) is 61.8 cm³/mol. The number of likely N-dealkylation sites (tertiary alicyclic amines) is 1. The average Bonchev–Trinajstić information content (AvgIpc) is 2.81. The Morgan fingerprint density at radius 2 is 2.25 bits per heavy atom. The summed E-state index contributed by atoms with van der Waals surface area (Å²) in [6, 6.07) is 0.306. The van der Waals surface area contributed by atoms with Gasteiger partial charge in [-0.15, -0.1) is 0 Å². The fourth-order valence-electron chi connectivity index (χ4n) is 3.12. The molecule has 2 rings (SSSR count). The number of carbonyl (C=O) groups is 1. The number of methoxy groups -OCH3 is 1. The number of rotatable bonds is 3. The molecule has 4 nitrogen and oxygen atoms in total. The molecule has 4 atom stereocenters. The lowest BCUT2D eigenvalue weighted by molar-refractivity contribution is -0.135. The van der Waals surface area contributed by atoms with E-state index in [0.29, 0.717) is 24.5 Å². The number of amides is 1. The summed E-state index contributed by atoms with van der Waals surface area (Å²) in [7, 11) is 1.64. The molecule has 0 bridgehead atoms. The second kappa shape index (κ2) is 4.72. The molecule has 92 valence electrons. The second-order valence-electron chi connectivity index (χ2n) is 5.26. The van der Waals surface area contributed by atoms with E-state index in [1.165, 1.54) is 6.42 Å². The van der Waals surface area contributed by atoms with Crippen LogP contribution in [0, 0.1) is 17.8 Å². The zero-order valence-corrected chi connectivity index (χ0v) is 10.2. The van der Waals surface area contributed by atoms with Crippen molar-refractivity contribution in [3.63, 3.8) is 0 Å². The van der Waals surface area contributed by atoms with Gasteiger partial charge < -0.3 is 15.4 Å². The minimum Gasteiger partial charge on any atom is -0.384 e.